The summed E-state index contributed by atoms with van der Waals surface area (Å²) in [5.74, 6) is 0.613. The maximum Gasteiger partial charge on any atom is 0.0656 e. The molecule has 0 saturated heterocycles. The third-order valence-corrected chi connectivity index (χ3v) is 4.31. The van der Waals surface area contributed by atoms with Crippen molar-refractivity contribution in [2.24, 2.45) is 11.3 Å². The zero-order valence-corrected chi connectivity index (χ0v) is 13.2. The van der Waals surface area contributed by atoms with Gasteiger partial charge in [0.25, 0.3) is 0 Å². The summed E-state index contributed by atoms with van der Waals surface area (Å²) in [6.07, 6.45) is 4.38. The topological polar surface area (TPSA) is 34.1 Å². The zero-order valence-electron chi connectivity index (χ0n) is 13.2. The Morgan fingerprint density at radius 2 is 2.20 bits per heavy atom. The third kappa shape index (κ3) is 3.80. The average molecular weight is 276 g/mol. The fraction of sp³-hybridized carbons (Fsp3) is 0.706. The van der Waals surface area contributed by atoms with Gasteiger partial charge in [-0.25, -0.2) is 0 Å². The molecule has 1 saturated carbocycles. The molecule has 3 nitrogen and oxygen atoms in total. The normalized spacial score (nSPS) is 24.6. The van der Waals surface area contributed by atoms with Crippen molar-refractivity contribution >= 4 is 0 Å². The van der Waals surface area contributed by atoms with Crippen molar-refractivity contribution in [1.29, 1.82) is 0 Å². The van der Waals surface area contributed by atoms with E-state index in [0.717, 1.165) is 31.7 Å². The SMILES string of the molecule is CC(C)COC1CC(NCCc2ccccn2)C1(C)C. The number of ether oxygens (including phenoxy) is 1. The molecule has 20 heavy (non-hydrogen) atoms. The minimum atomic E-state index is 0.235. The molecule has 1 aliphatic carbocycles. The summed E-state index contributed by atoms with van der Waals surface area (Å²) >= 11 is 0. The number of aromatic nitrogens is 1. The van der Waals surface area contributed by atoms with Crippen molar-refractivity contribution in [2.45, 2.75) is 52.7 Å². The highest BCUT2D eigenvalue weighted by Gasteiger charge is 2.48. The van der Waals surface area contributed by atoms with Gasteiger partial charge in [-0.3, -0.25) is 4.98 Å². The maximum atomic E-state index is 6.00. The van der Waals surface area contributed by atoms with Gasteiger partial charge in [0.15, 0.2) is 0 Å². The first-order valence-electron chi connectivity index (χ1n) is 7.75. The van der Waals surface area contributed by atoms with Gasteiger partial charge >= 0.3 is 0 Å². The molecule has 3 heteroatoms. The van der Waals surface area contributed by atoms with Gasteiger partial charge in [0.05, 0.1) is 6.10 Å². The molecule has 112 valence electrons. The maximum absolute atomic E-state index is 6.00. The number of nitrogens with zero attached hydrogens (tertiary/aromatic N) is 1. The largest absolute Gasteiger partial charge is 0.377 e. The standard InChI is InChI=1S/C17H28N2O/c1-13(2)12-20-16-11-15(17(16,3)4)19-10-8-14-7-5-6-9-18-14/h5-7,9,13,15-16,19H,8,10-12H2,1-4H3. The summed E-state index contributed by atoms with van der Waals surface area (Å²) in [4.78, 5) is 4.35. The molecule has 2 unspecified atom stereocenters. The van der Waals surface area contributed by atoms with E-state index in [1.807, 2.05) is 18.3 Å². The van der Waals surface area contributed by atoms with Crippen LogP contribution in [0.5, 0.6) is 0 Å². The molecular weight excluding hydrogens is 248 g/mol. The molecule has 0 amide bonds. The van der Waals surface area contributed by atoms with Gasteiger partial charge in [0, 0.05) is 42.9 Å². The molecule has 0 aliphatic heterocycles. The van der Waals surface area contributed by atoms with Gasteiger partial charge in [-0.2, -0.15) is 0 Å². The van der Waals surface area contributed by atoms with Gasteiger partial charge < -0.3 is 10.1 Å². The molecule has 1 heterocycles. The molecule has 1 N–H and O–H groups in total. The van der Waals surface area contributed by atoms with Crippen LogP contribution in [0.3, 0.4) is 0 Å². The van der Waals surface area contributed by atoms with Crippen molar-refractivity contribution in [1.82, 2.24) is 10.3 Å². The number of nitrogens with one attached hydrogen (secondary N) is 1. The lowest BCUT2D eigenvalue weighted by atomic mass is 9.64. The van der Waals surface area contributed by atoms with Crippen LogP contribution in [-0.2, 0) is 11.2 Å². The Labute approximate surface area is 123 Å². The first-order valence-corrected chi connectivity index (χ1v) is 7.75. The van der Waals surface area contributed by atoms with Crippen LogP contribution in [0.1, 0.15) is 39.8 Å². The molecule has 1 aliphatic rings. The van der Waals surface area contributed by atoms with E-state index in [1.54, 1.807) is 0 Å². The third-order valence-electron chi connectivity index (χ3n) is 4.31. The van der Waals surface area contributed by atoms with Gasteiger partial charge in [0.2, 0.25) is 0 Å². The van der Waals surface area contributed by atoms with E-state index in [0.29, 0.717) is 18.1 Å². The second kappa shape index (κ2) is 6.68. The fourth-order valence-corrected chi connectivity index (χ4v) is 2.74. The first-order chi connectivity index (χ1) is 9.50. The Morgan fingerprint density at radius 1 is 1.40 bits per heavy atom. The monoisotopic (exact) mass is 276 g/mol. The molecule has 1 aromatic rings. The van der Waals surface area contributed by atoms with Crippen molar-refractivity contribution < 1.29 is 4.74 Å². The average Bonchev–Trinajstić information content (AvgIpc) is 2.42. The number of pyridine rings is 1. The minimum absolute atomic E-state index is 0.235. The first kappa shape index (κ1) is 15.5. The fourth-order valence-electron chi connectivity index (χ4n) is 2.74. The second-order valence-electron chi connectivity index (χ2n) is 6.85. The van der Waals surface area contributed by atoms with E-state index in [9.17, 15) is 0 Å². The van der Waals surface area contributed by atoms with Crippen molar-refractivity contribution in [2.75, 3.05) is 13.2 Å². The van der Waals surface area contributed by atoms with Crippen LogP contribution in [0.25, 0.3) is 0 Å². The Bertz CT molecular complexity index is 403. The molecule has 2 rings (SSSR count). The van der Waals surface area contributed by atoms with Crippen LogP contribution in [0, 0.1) is 11.3 Å². The molecule has 2 atom stereocenters. The second-order valence-corrected chi connectivity index (χ2v) is 6.85. The Hall–Kier alpha value is -0.930. The molecule has 0 bridgehead atoms. The lowest BCUT2D eigenvalue weighted by molar-refractivity contribution is -0.123. The highest BCUT2D eigenvalue weighted by Crippen LogP contribution is 2.42. The summed E-state index contributed by atoms with van der Waals surface area (Å²) in [5, 5.41) is 3.66. The van der Waals surface area contributed by atoms with Gasteiger partial charge in [-0.15, -0.1) is 0 Å². The molecular formula is C17H28N2O. The molecule has 0 spiro atoms. The Morgan fingerprint density at radius 3 is 2.80 bits per heavy atom. The van der Waals surface area contributed by atoms with E-state index < -0.39 is 0 Å². The lowest BCUT2D eigenvalue weighted by Gasteiger charge is -2.52. The summed E-state index contributed by atoms with van der Waals surface area (Å²) in [5.41, 5.74) is 1.39. The van der Waals surface area contributed by atoms with Gasteiger partial charge in [-0.05, 0) is 24.5 Å². The van der Waals surface area contributed by atoms with Gasteiger partial charge in [0.1, 0.15) is 0 Å². The van der Waals surface area contributed by atoms with E-state index in [-0.39, 0.29) is 5.41 Å². The van der Waals surface area contributed by atoms with E-state index in [4.69, 9.17) is 4.74 Å². The van der Waals surface area contributed by atoms with Crippen molar-refractivity contribution in [3.63, 3.8) is 0 Å². The van der Waals surface area contributed by atoms with Crippen LogP contribution < -0.4 is 5.32 Å². The smallest absolute Gasteiger partial charge is 0.0656 e. The van der Waals surface area contributed by atoms with Crippen LogP contribution in [0.2, 0.25) is 0 Å². The summed E-state index contributed by atoms with van der Waals surface area (Å²) in [7, 11) is 0. The van der Waals surface area contributed by atoms with Crippen molar-refractivity contribution in [3.8, 4) is 0 Å². The highest BCUT2D eigenvalue weighted by molar-refractivity contribution is 5.06. The predicted octanol–water partition coefficient (Wildman–Crippen LogP) is 3.05. The highest BCUT2D eigenvalue weighted by atomic mass is 16.5. The van der Waals surface area contributed by atoms with Crippen LogP contribution in [0.15, 0.2) is 24.4 Å². The van der Waals surface area contributed by atoms with E-state index in [1.165, 1.54) is 0 Å². The Kier molecular flexibility index (Phi) is 5.17. The van der Waals surface area contributed by atoms with E-state index >= 15 is 0 Å². The molecule has 1 fully saturated rings. The Balaban J connectivity index is 1.70. The van der Waals surface area contributed by atoms with Crippen molar-refractivity contribution in [3.05, 3.63) is 30.1 Å². The minimum Gasteiger partial charge on any atom is -0.377 e. The van der Waals surface area contributed by atoms with Crippen LogP contribution in [-0.4, -0.2) is 30.3 Å². The molecule has 0 aromatic carbocycles. The summed E-state index contributed by atoms with van der Waals surface area (Å²) in [6, 6.07) is 6.65. The number of hydrogen-bond donors (Lipinski definition) is 1. The van der Waals surface area contributed by atoms with Crippen LogP contribution >= 0.6 is 0 Å². The number of rotatable bonds is 7. The molecule has 0 radical (unpaired) electrons. The van der Waals surface area contributed by atoms with E-state index in [2.05, 4.69) is 44.1 Å². The number of hydrogen-bond acceptors (Lipinski definition) is 3. The predicted molar refractivity (Wildman–Crippen MR) is 82.7 cm³/mol. The zero-order chi connectivity index (χ0) is 14.6. The quantitative estimate of drug-likeness (QED) is 0.831. The summed E-state index contributed by atoms with van der Waals surface area (Å²) in [6.45, 7) is 10.9. The van der Waals surface area contributed by atoms with Crippen LogP contribution in [0.4, 0.5) is 0 Å². The summed E-state index contributed by atoms with van der Waals surface area (Å²) < 4.78 is 6.00. The molecule has 1 aromatic heterocycles. The van der Waals surface area contributed by atoms with Gasteiger partial charge in [-0.1, -0.05) is 33.8 Å². The lowest BCUT2D eigenvalue weighted by Crippen LogP contribution is -2.61.